The topological polar surface area (TPSA) is 90.2 Å². The summed E-state index contributed by atoms with van der Waals surface area (Å²) in [4.78, 5) is -0.508. The number of nitrogens with one attached hydrogen (secondary N) is 1. The Hall–Kier alpha value is -1.49. The van der Waals surface area contributed by atoms with Gasteiger partial charge in [-0.2, -0.15) is 5.26 Å². The zero-order chi connectivity index (χ0) is 13.8. The van der Waals surface area contributed by atoms with Crippen molar-refractivity contribution in [1.29, 1.82) is 5.26 Å². The van der Waals surface area contributed by atoms with Crippen molar-refractivity contribution < 1.29 is 17.9 Å². The second kappa shape index (κ2) is 5.91. The first-order valence-electron chi connectivity index (χ1n) is 5.21. The van der Waals surface area contributed by atoms with Crippen LogP contribution in [0, 0.1) is 23.1 Å². The van der Waals surface area contributed by atoms with Gasteiger partial charge >= 0.3 is 0 Å². The molecule has 1 aromatic carbocycles. The number of aliphatic hydroxyl groups excluding tert-OH is 1. The van der Waals surface area contributed by atoms with Crippen LogP contribution in [0.2, 0.25) is 0 Å². The quantitative estimate of drug-likeness (QED) is 0.821. The standard InChI is InChI=1S/C11H13FN2O3S/c1-8(7-15)6-14-18(16,17)11-3-2-9(5-13)4-10(11)12/h2-4,8,14-15H,6-7H2,1H3. The Labute approximate surface area is 105 Å². The summed E-state index contributed by atoms with van der Waals surface area (Å²) in [5, 5.41) is 17.3. The number of benzene rings is 1. The average Bonchev–Trinajstić information content (AvgIpc) is 2.35. The number of hydrogen-bond donors (Lipinski definition) is 2. The molecule has 18 heavy (non-hydrogen) atoms. The Morgan fingerprint density at radius 3 is 2.72 bits per heavy atom. The highest BCUT2D eigenvalue weighted by atomic mass is 32.2. The molecule has 0 saturated carbocycles. The van der Waals surface area contributed by atoms with Crippen molar-refractivity contribution in [3.05, 3.63) is 29.6 Å². The van der Waals surface area contributed by atoms with Crippen LogP contribution in [0.4, 0.5) is 4.39 Å². The van der Waals surface area contributed by atoms with Gasteiger partial charge in [0.2, 0.25) is 10.0 Å². The van der Waals surface area contributed by atoms with Crippen LogP contribution >= 0.6 is 0 Å². The predicted octanol–water partition coefficient (Wildman–Crippen LogP) is 0.604. The number of rotatable bonds is 5. The van der Waals surface area contributed by atoms with Gasteiger partial charge in [-0.25, -0.2) is 17.5 Å². The largest absolute Gasteiger partial charge is 0.396 e. The molecule has 0 amide bonds. The molecule has 7 heteroatoms. The maximum absolute atomic E-state index is 13.5. The zero-order valence-electron chi connectivity index (χ0n) is 9.72. The highest BCUT2D eigenvalue weighted by Crippen LogP contribution is 2.15. The van der Waals surface area contributed by atoms with Gasteiger partial charge in [-0.3, -0.25) is 0 Å². The van der Waals surface area contributed by atoms with Gasteiger partial charge in [-0.05, 0) is 24.1 Å². The Morgan fingerprint density at radius 2 is 2.22 bits per heavy atom. The number of halogens is 1. The molecule has 0 bridgehead atoms. The molecular weight excluding hydrogens is 259 g/mol. The molecule has 2 N–H and O–H groups in total. The number of aliphatic hydroxyl groups is 1. The van der Waals surface area contributed by atoms with Gasteiger partial charge in [0.25, 0.3) is 0 Å². The SMILES string of the molecule is CC(CO)CNS(=O)(=O)c1ccc(C#N)cc1F. The Kier molecular flexibility index (Phi) is 4.78. The normalized spacial score (nSPS) is 13.0. The minimum Gasteiger partial charge on any atom is -0.396 e. The van der Waals surface area contributed by atoms with E-state index >= 15 is 0 Å². The van der Waals surface area contributed by atoms with E-state index < -0.39 is 20.7 Å². The van der Waals surface area contributed by atoms with Gasteiger partial charge in [-0.15, -0.1) is 0 Å². The summed E-state index contributed by atoms with van der Waals surface area (Å²) in [5.74, 6) is -1.24. The van der Waals surface area contributed by atoms with Crippen LogP contribution in [0.5, 0.6) is 0 Å². The second-order valence-corrected chi connectivity index (χ2v) is 5.63. The van der Waals surface area contributed by atoms with Crippen molar-refractivity contribution in [1.82, 2.24) is 4.72 Å². The lowest BCUT2D eigenvalue weighted by molar-refractivity contribution is 0.238. The molecule has 0 fully saturated rings. The van der Waals surface area contributed by atoms with E-state index in [1.807, 2.05) is 0 Å². The van der Waals surface area contributed by atoms with Crippen LogP contribution in [0.1, 0.15) is 12.5 Å². The lowest BCUT2D eigenvalue weighted by Gasteiger charge is -2.11. The van der Waals surface area contributed by atoms with Crippen LogP contribution in [0.3, 0.4) is 0 Å². The monoisotopic (exact) mass is 272 g/mol. The van der Waals surface area contributed by atoms with Gasteiger partial charge < -0.3 is 5.11 Å². The van der Waals surface area contributed by atoms with Crippen molar-refractivity contribution in [3.63, 3.8) is 0 Å². The van der Waals surface area contributed by atoms with Crippen molar-refractivity contribution in [2.75, 3.05) is 13.2 Å². The molecule has 1 unspecified atom stereocenters. The molecule has 0 aliphatic rings. The molecule has 98 valence electrons. The lowest BCUT2D eigenvalue weighted by Crippen LogP contribution is -2.30. The van der Waals surface area contributed by atoms with E-state index in [0.29, 0.717) is 0 Å². The fourth-order valence-electron chi connectivity index (χ4n) is 1.18. The fourth-order valence-corrected chi connectivity index (χ4v) is 2.40. The highest BCUT2D eigenvalue weighted by Gasteiger charge is 2.19. The predicted molar refractivity (Wildman–Crippen MR) is 62.6 cm³/mol. The molecule has 5 nitrogen and oxygen atoms in total. The van der Waals surface area contributed by atoms with Crippen molar-refractivity contribution >= 4 is 10.0 Å². The van der Waals surface area contributed by atoms with E-state index in [0.717, 1.165) is 12.1 Å². The van der Waals surface area contributed by atoms with Gasteiger partial charge in [0.15, 0.2) is 0 Å². The molecule has 1 atom stereocenters. The molecule has 0 radical (unpaired) electrons. The minimum absolute atomic E-state index is 0.0122. The summed E-state index contributed by atoms with van der Waals surface area (Å²) < 4.78 is 39.2. The van der Waals surface area contributed by atoms with E-state index in [4.69, 9.17) is 10.4 Å². The number of hydrogen-bond acceptors (Lipinski definition) is 4. The fraction of sp³-hybridized carbons (Fsp3) is 0.364. The molecule has 1 rings (SSSR count). The smallest absolute Gasteiger partial charge is 0.243 e. The van der Waals surface area contributed by atoms with Crippen LogP contribution in [-0.2, 0) is 10.0 Å². The highest BCUT2D eigenvalue weighted by molar-refractivity contribution is 7.89. The van der Waals surface area contributed by atoms with E-state index in [2.05, 4.69) is 4.72 Å². The molecule has 0 spiro atoms. The Morgan fingerprint density at radius 1 is 1.56 bits per heavy atom. The molecule has 0 aliphatic carbocycles. The molecular formula is C11H13FN2O3S. The summed E-state index contributed by atoms with van der Waals surface area (Å²) in [6, 6.07) is 4.85. The third kappa shape index (κ3) is 3.50. The first-order chi connectivity index (χ1) is 8.40. The van der Waals surface area contributed by atoms with Gasteiger partial charge in [0, 0.05) is 13.2 Å². The van der Waals surface area contributed by atoms with Crippen molar-refractivity contribution in [3.8, 4) is 6.07 Å². The molecule has 1 aromatic rings. The summed E-state index contributed by atoms with van der Waals surface area (Å²) in [6.45, 7) is 1.49. The number of nitriles is 1. The summed E-state index contributed by atoms with van der Waals surface area (Å²) >= 11 is 0. The number of nitrogens with zero attached hydrogens (tertiary/aromatic N) is 1. The first-order valence-corrected chi connectivity index (χ1v) is 6.69. The molecule has 0 saturated heterocycles. The maximum Gasteiger partial charge on any atom is 0.243 e. The first kappa shape index (κ1) is 14.6. The van der Waals surface area contributed by atoms with Crippen molar-refractivity contribution in [2.45, 2.75) is 11.8 Å². The summed E-state index contributed by atoms with van der Waals surface area (Å²) in [5.41, 5.74) is 0.0511. The van der Waals surface area contributed by atoms with Crippen LogP contribution in [-0.4, -0.2) is 26.7 Å². The van der Waals surface area contributed by atoms with E-state index in [-0.39, 0.29) is 24.6 Å². The molecule has 0 heterocycles. The average molecular weight is 272 g/mol. The number of sulfonamides is 1. The van der Waals surface area contributed by atoms with Gasteiger partial charge in [0.05, 0.1) is 11.6 Å². The van der Waals surface area contributed by atoms with E-state index in [9.17, 15) is 12.8 Å². The third-order valence-corrected chi connectivity index (χ3v) is 3.74. The van der Waals surface area contributed by atoms with Crippen LogP contribution < -0.4 is 4.72 Å². The maximum atomic E-state index is 13.5. The third-order valence-electron chi connectivity index (χ3n) is 2.28. The van der Waals surface area contributed by atoms with Crippen molar-refractivity contribution in [2.24, 2.45) is 5.92 Å². The van der Waals surface area contributed by atoms with Gasteiger partial charge in [-0.1, -0.05) is 6.92 Å². The Bertz CT molecular complexity index is 566. The summed E-state index contributed by atoms with van der Waals surface area (Å²) in [7, 11) is -3.97. The van der Waals surface area contributed by atoms with E-state index in [1.54, 1.807) is 13.0 Å². The van der Waals surface area contributed by atoms with Crippen LogP contribution in [0.25, 0.3) is 0 Å². The minimum atomic E-state index is -3.97. The van der Waals surface area contributed by atoms with Gasteiger partial charge in [0.1, 0.15) is 10.7 Å². The second-order valence-electron chi connectivity index (χ2n) is 3.90. The van der Waals surface area contributed by atoms with E-state index in [1.165, 1.54) is 6.07 Å². The summed E-state index contributed by atoms with van der Waals surface area (Å²) in [6.07, 6.45) is 0. The van der Waals surface area contributed by atoms with Crippen LogP contribution in [0.15, 0.2) is 23.1 Å². The Balaban J connectivity index is 2.96. The lowest BCUT2D eigenvalue weighted by atomic mass is 10.2. The zero-order valence-corrected chi connectivity index (χ0v) is 10.5. The molecule has 0 aliphatic heterocycles. The molecule has 0 aromatic heterocycles.